The third kappa shape index (κ3) is 5.35. The molecule has 0 radical (unpaired) electrons. The SMILES string of the molecule is Cc1cccc(CNc2cnnc(NCCN(C)C)n2)c1. The van der Waals surface area contributed by atoms with E-state index >= 15 is 0 Å². The molecular formula is C15H22N6. The number of hydrogen-bond acceptors (Lipinski definition) is 6. The lowest BCUT2D eigenvalue weighted by molar-refractivity contribution is 0.425. The van der Waals surface area contributed by atoms with Crippen LogP contribution in [0.5, 0.6) is 0 Å². The molecule has 0 amide bonds. The van der Waals surface area contributed by atoms with Gasteiger partial charge in [0.1, 0.15) is 0 Å². The van der Waals surface area contributed by atoms with E-state index < -0.39 is 0 Å². The highest BCUT2D eigenvalue weighted by molar-refractivity contribution is 5.38. The molecule has 0 atom stereocenters. The minimum absolute atomic E-state index is 0.547. The second-order valence-electron chi connectivity index (χ2n) is 5.24. The van der Waals surface area contributed by atoms with Crippen molar-refractivity contribution in [3.63, 3.8) is 0 Å². The minimum atomic E-state index is 0.547. The van der Waals surface area contributed by atoms with Crippen LogP contribution in [-0.4, -0.2) is 47.3 Å². The lowest BCUT2D eigenvalue weighted by atomic mass is 10.1. The fourth-order valence-electron chi connectivity index (χ4n) is 1.87. The summed E-state index contributed by atoms with van der Waals surface area (Å²) in [6.45, 7) is 4.51. The molecule has 6 nitrogen and oxygen atoms in total. The molecule has 0 saturated heterocycles. The Bertz CT molecular complexity index is 570. The zero-order chi connectivity index (χ0) is 15.1. The summed E-state index contributed by atoms with van der Waals surface area (Å²) < 4.78 is 0. The van der Waals surface area contributed by atoms with Gasteiger partial charge < -0.3 is 15.5 Å². The molecule has 2 aromatic rings. The van der Waals surface area contributed by atoms with Gasteiger partial charge in [-0.15, -0.1) is 5.10 Å². The summed E-state index contributed by atoms with van der Waals surface area (Å²) in [7, 11) is 4.06. The van der Waals surface area contributed by atoms with E-state index in [4.69, 9.17) is 0 Å². The number of aromatic nitrogens is 3. The molecule has 0 unspecified atom stereocenters. The fraction of sp³-hybridized carbons (Fsp3) is 0.400. The molecule has 0 spiro atoms. The Morgan fingerprint density at radius 2 is 2.05 bits per heavy atom. The third-order valence-corrected chi connectivity index (χ3v) is 2.96. The van der Waals surface area contributed by atoms with E-state index in [1.807, 2.05) is 14.1 Å². The van der Waals surface area contributed by atoms with Gasteiger partial charge in [0.05, 0.1) is 6.20 Å². The minimum Gasteiger partial charge on any atom is -0.365 e. The van der Waals surface area contributed by atoms with Crippen LogP contribution in [0, 0.1) is 6.92 Å². The number of nitrogens with one attached hydrogen (secondary N) is 2. The summed E-state index contributed by atoms with van der Waals surface area (Å²) in [4.78, 5) is 6.49. The van der Waals surface area contributed by atoms with Crippen molar-refractivity contribution >= 4 is 11.8 Å². The first-order valence-corrected chi connectivity index (χ1v) is 7.01. The van der Waals surface area contributed by atoms with Crippen LogP contribution in [0.3, 0.4) is 0 Å². The first kappa shape index (κ1) is 15.2. The smallest absolute Gasteiger partial charge is 0.244 e. The average Bonchev–Trinajstić information content (AvgIpc) is 2.45. The average molecular weight is 286 g/mol. The van der Waals surface area contributed by atoms with Gasteiger partial charge in [-0.1, -0.05) is 29.8 Å². The van der Waals surface area contributed by atoms with Gasteiger partial charge in [0.2, 0.25) is 5.95 Å². The number of rotatable bonds is 7. The molecule has 1 heterocycles. The zero-order valence-corrected chi connectivity index (χ0v) is 12.8. The molecule has 0 bridgehead atoms. The predicted octanol–water partition coefficient (Wildman–Crippen LogP) is 1.77. The van der Waals surface area contributed by atoms with E-state index in [2.05, 4.69) is 61.9 Å². The van der Waals surface area contributed by atoms with Crippen LogP contribution in [0.4, 0.5) is 11.8 Å². The van der Waals surface area contributed by atoms with Crippen molar-refractivity contribution in [1.29, 1.82) is 0 Å². The van der Waals surface area contributed by atoms with E-state index in [9.17, 15) is 0 Å². The van der Waals surface area contributed by atoms with Crippen molar-refractivity contribution in [3.05, 3.63) is 41.6 Å². The molecule has 2 rings (SSSR count). The van der Waals surface area contributed by atoms with Crippen LogP contribution in [-0.2, 0) is 6.54 Å². The Kier molecular flexibility index (Phi) is 5.45. The number of benzene rings is 1. The molecule has 0 fully saturated rings. The van der Waals surface area contributed by atoms with E-state index in [1.54, 1.807) is 6.20 Å². The van der Waals surface area contributed by atoms with Crippen molar-refractivity contribution in [1.82, 2.24) is 20.1 Å². The number of hydrogen-bond donors (Lipinski definition) is 2. The van der Waals surface area contributed by atoms with Gasteiger partial charge >= 0.3 is 0 Å². The van der Waals surface area contributed by atoms with Crippen LogP contribution in [0.25, 0.3) is 0 Å². The highest BCUT2D eigenvalue weighted by atomic mass is 15.3. The molecule has 1 aromatic carbocycles. The Balaban J connectivity index is 1.88. The van der Waals surface area contributed by atoms with Crippen molar-refractivity contribution in [2.45, 2.75) is 13.5 Å². The molecule has 1 aromatic heterocycles. The lowest BCUT2D eigenvalue weighted by Crippen LogP contribution is -2.21. The highest BCUT2D eigenvalue weighted by Crippen LogP contribution is 2.08. The Morgan fingerprint density at radius 1 is 1.19 bits per heavy atom. The van der Waals surface area contributed by atoms with Gasteiger partial charge in [0.15, 0.2) is 5.82 Å². The van der Waals surface area contributed by atoms with E-state index in [0.29, 0.717) is 5.95 Å². The molecule has 2 N–H and O–H groups in total. The largest absolute Gasteiger partial charge is 0.365 e. The normalized spacial score (nSPS) is 10.7. The zero-order valence-electron chi connectivity index (χ0n) is 12.8. The van der Waals surface area contributed by atoms with Gasteiger partial charge in [0, 0.05) is 19.6 Å². The molecule has 0 aliphatic heterocycles. The molecule has 21 heavy (non-hydrogen) atoms. The fourth-order valence-corrected chi connectivity index (χ4v) is 1.87. The summed E-state index contributed by atoms with van der Waals surface area (Å²) >= 11 is 0. The monoisotopic (exact) mass is 286 g/mol. The number of aryl methyl sites for hydroxylation is 1. The number of likely N-dealkylation sites (N-methyl/N-ethyl adjacent to an activating group) is 1. The van der Waals surface area contributed by atoms with E-state index in [0.717, 1.165) is 25.5 Å². The first-order valence-electron chi connectivity index (χ1n) is 7.01. The van der Waals surface area contributed by atoms with E-state index in [-0.39, 0.29) is 0 Å². The quantitative estimate of drug-likeness (QED) is 0.808. The summed E-state index contributed by atoms with van der Waals surface area (Å²) in [5.41, 5.74) is 2.47. The predicted molar refractivity (Wildman–Crippen MR) is 85.4 cm³/mol. The second kappa shape index (κ2) is 7.54. The maximum atomic E-state index is 4.39. The van der Waals surface area contributed by atoms with Gasteiger partial charge in [0.25, 0.3) is 0 Å². The van der Waals surface area contributed by atoms with Crippen molar-refractivity contribution in [2.24, 2.45) is 0 Å². The maximum absolute atomic E-state index is 4.39. The van der Waals surface area contributed by atoms with Crippen LogP contribution < -0.4 is 10.6 Å². The lowest BCUT2D eigenvalue weighted by Gasteiger charge is -2.11. The third-order valence-electron chi connectivity index (χ3n) is 2.96. The Labute approximate surface area is 125 Å². The van der Waals surface area contributed by atoms with Gasteiger partial charge in [-0.3, -0.25) is 0 Å². The molecule has 6 heteroatoms. The maximum Gasteiger partial charge on any atom is 0.244 e. The van der Waals surface area contributed by atoms with Crippen LogP contribution in [0.15, 0.2) is 30.5 Å². The van der Waals surface area contributed by atoms with Crippen molar-refractivity contribution < 1.29 is 0 Å². The van der Waals surface area contributed by atoms with E-state index in [1.165, 1.54) is 11.1 Å². The summed E-state index contributed by atoms with van der Waals surface area (Å²) in [5, 5.41) is 14.4. The van der Waals surface area contributed by atoms with Crippen molar-refractivity contribution in [2.75, 3.05) is 37.8 Å². The molecule has 0 saturated carbocycles. The van der Waals surface area contributed by atoms with Gasteiger partial charge in [-0.2, -0.15) is 10.1 Å². The highest BCUT2D eigenvalue weighted by Gasteiger charge is 2.01. The van der Waals surface area contributed by atoms with Crippen LogP contribution in [0.2, 0.25) is 0 Å². The van der Waals surface area contributed by atoms with Crippen LogP contribution >= 0.6 is 0 Å². The molecular weight excluding hydrogens is 264 g/mol. The standard InChI is InChI=1S/C15H22N6/c1-12-5-4-6-13(9-12)10-17-14-11-18-20-15(19-14)16-7-8-21(2)3/h4-6,9,11H,7-8,10H2,1-3H3,(H2,16,17,19,20). The summed E-state index contributed by atoms with van der Waals surface area (Å²) in [6, 6.07) is 8.38. The molecule has 112 valence electrons. The van der Waals surface area contributed by atoms with Gasteiger partial charge in [-0.05, 0) is 26.6 Å². The Morgan fingerprint density at radius 3 is 2.81 bits per heavy atom. The second-order valence-corrected chi connectivity index (χ2v) is 5.24. The molecule has 0 aliphatic carbocycles. The van der Waals surface area contributed by atoms with Crippen molar-refractivity contribution in [3.8, 4) is 0 Å². The topological polar surface area (TPSA) is 66.0 Å². The molecule has 0 aliphatic rings. The number of nitrogens with zero attached hydrogens (tertiary/aromatic N) is 4. The van der Waals surface area contributed by atoms with Gasteiger partial charge in [-0.25, -0.2) is 0 Å². The van der Waals surface area contributed by atoms with Crippen LogP contribution in [0.1, 0.15) is 11.1 Å². The summed E-state index contributed by atoms with van der Waals surface area (Å²) in [5.74, 6) is 1.27. The first-order chi connectivity index (χ1) is 10.1. The Hall–Kier alpha value is -2.21. The summed E-state index contributed by atoms with van der Waals surface area (Å²) in [6.07, 6.45) is 1.63. The number of anilines is 2.